The van der Waals surface area contributed by atoms with Gasteiger partial charge in [0.15, 0.2) is 12.4 Å². The number of halogens is 1. The van der Waals surface area contributed by atoms with Crippen molar-refractivity contribution in [2.24, 2.45) is 0 Å². The Morgan fingerprint density at radius 3 is 2.24 bits per heavy atom. The summed E-state index contributed by atoms with van der Waals surface area (Å²) in [5, 5.41) is 2.03. The summed E-state index contributed by atoms with van der Waals surface area (Å²) >= 11 is 3.43. The van der Waals surface area contributed by atoms with E-state index in [9.17, 15) is 9.59 Å². The standard InChI is InChI=1S/C20H15BrO4/c1-13(22)14-3-7-18(8-4-14)24-12-20(23)25-19-9-5-15-10-17(21)6-2-16(15)11-19/h2-11H,12H2,1H3. The largest absolute Gasteiger partial charge is 0.482 e. The lowest BCUT2D eigenvalue weighted by atomic mass is 10.1. The van der Waals surface area contributed by atoms with E-state index in [2.05, 4.69) is 15.9 Å². The third-order valence-electron chi connectivity index (χ3n) is 3.62. The molecule has 0 saturated carbocycles. The van der Waals surface area contributed by atoms with Crippen molar-refractivity contribution in [2.45, 2.75) is 6.92 Å². The molecular weight excluding hydrogens is 384 g/mol. The van der Waals surface area contributed by atoms with E-state index in [1.54, 1.807) is 36.4 Å². The van der Waals surface area contributed by atoms with Gasteiger partial charge in [0.2, 0.25) is 0 Å². The summed E-state index contributed by atoms with van der Waals surface area (Å²) < 4.78 is 11.7. The Labute approximate surface area is 153 Å². The fourth-order valence-corrected chi connectivity index (χ4v) is 2.73. The molecular formula is C20H15BrO4. The van der Waals surface area contributed by atoms with Gasteiger partial charge in [-0.25, -0.2) is 4.79 Å². The molecule has 0 aliphatic rings. The second-order valence-electron chi connectivity index (χ2n) is 5.50. The molecule has 0 fully saturated rings. The minimum absolute atomic E-state index is 0.0192. The molecule has 5 heteroatoms. The molecule has 126 valence electrons. The Balaban J connectivity index is 1.60. The predicted molar refractivity (Wildman–Crippen MR) is 99.2 cm³/mol. The number of benzene rings is 3. The van der Waals surface area contributed by atoms with Crippen molar-refractivity contribution < 1.29 is 19.1 Å². The summed E-state index contributed by atoms with van der Waals surface area (Å²) in [6.45, 7) is 1.29. The SMILES string of the molecule is CC(=O)c1ccc(OCC(=O)Oc2ccc3cc(Br)ccc3c2)cc1. The van der Waals surface area contributed by atoms with Crippen LogP contribution in [-0.4, -0.2) is 18.4 Å². The topological polar surface area (TPSA) is 52.6 Å². The summed E-state index contributed by atoms with van der Waals surface area (Å²) in [5.41, 5.74) is 0.595. The molecule has 0 saturated heterocycles. The number of hydrogen-bond acceptors (Lipinski definition) is 4. The zero-order valence-corrected chi connectivity index (χ0v) is 15.1. The normalized spacial score (nSPS) is 10.5. The van der Waals surface area contributed by atoms with E-state index >= 15 is 0 Å². The quantitative estimate of drug-likeness (QED) is 0.352. The monoisotopic (exact) mass is 398 g/mol. The summed E-state index contributed by atoms with van der Waals surface area (Å²) in [7, 11) is 0. The van der Waals surface area contributed by atoms with Crippen LogP contribution in [0.2, 0.25) is 0 Å². The Hall–Kier alpha value is -2.66. The van der Waals surface area contributed by atoms with Gasteiger partial charge in [-0.3, -0.25) is 4.79 Å². The molecule has 0 aliphatic carbocycles. The number of Topliss-reactive ketones (excluding diaryl/α,β-unsaturated/α-hetero) is 1. The van der Waals surface area contributed by atoms with Crippen LogP contribution in [0.1, 0.15) is 17.3 Å². The zero-order chi connectivity index (χ0) is 17.8. The number of hydrogen-bond donors (Lipinski definition) is 0. The zero-order valence-electron chi connectivity index (χ0n) is 13.5. The summed E-state index contributed by atoms with van der Waals surface area (Å²) in [6.07, 6.45) is 0. The van der Waals surface area contributed by atoms with Crippen molar-refractivity contribution in [1.29, 1.82) is 0 Å². The number of rotatable bonds is 5. The maximum Gasteiger partial charge on any atom is 0.349 e. The van der Waals surface area contributed by atoms with E-state index in [0.29, 0.717) is 17.1 Å². The molecule has 0 radical (unpaired) electrons. The average Bonchev–Trinajstić information content (AvgIpc) is 2.60. The number of esters is 1. The van der Waals surface area contributed by atoms with E-state index in [1.165, 1.54) is 6.92 Å². The van der Waals surface area contributed by atoms with Crippen LogP contribution in [0.3, 0.4) is 0 Å². The predicted octanol–water partition coefficient (Wildman–Crippen LogP) is 4.79. The summed E-state index contributed by atoms with van der Waals surface area (Å²) in [5.74, 6) is 0.460. The number of fused-ring (bicyclic) bond motifs is 1. The Morgan fingerprint density at radius 1 is 0.880 bits per heavy atom. The number of ketones is 1. The van der Waals surface area contributed by atoms with E-state index in [0.717, 1.165) is 15.2 Å². The first-order chi connectivity index (χ1) is 12.0. The number of ether oxygens (including phenoxy) is 2. The molecule has 4 nitrogen and oxygen atoms in total. The van der Waals surface area contributed by atoms with Gasteiger partial charge in [0.05, 0.1) is 0 Å². The van der Waals surface area contributed by atoms with E-state index in [4.69, 9.17) is 9.47 Å². The smallest absolute Gasteiger partial charge is 0.349 e. The van der Waals surface area contributed by atoms with Gasteiger partial charge in [0, 0.05) is 10.0 Å². The van der Waals surface area contributed by atoms with Crippen molar-refractivity contribution in [3.63, 3.8) is 0 Å². The first-order valence-electron chi connectivity index (χ1n) is 7.65. The molecule has 3 aromatic carbocycles. The molecule has 0 amide bonds. The van der Waals surface area contributed by atoms with Crippen LogP contribution in [0.5, 0.6) is 11.5 Å². The van der Waals surface area contributed by atoms with Crippen molar-refractivity contribution in [3.05, 3.63) is 70.7 Å². The third kappa shape index (κ3) is 4.45. The van der Waals surface area contributed by atoms with Gasteiger partial charge in [0.25, 0.3) is 0 Å². The van der Waals surface area contributed by atoms with Crippen LogP contribution in [0.4, 0.5) is 0 Å². The fraction of sp³-hybridized carbons (Fsp3) is 0.100. The molecule has 3 rings (SSSR count). The molecule has 0 spiro atoms. The second-order valence-corrected chi connectivity index (χ2v) is 6.41. The highest BCUT2D eigenvalue weighted by atomic mass is 79.9. The molecule has 3 aromatic rings. The maximum atomic E-state index is 11.9. The Bertz CT molecular complexity index is 932. The Morgan fingerprint density at radius 2 is 1.52 bits per heavy atom. The van der Waals surface area contributed by atoms with Crippen LogP contribution in [0.25, 0.3) is 10.8 Å². The molecule has 0 heterocycles. The minimum atomic E-state index is -0.493. The molecule has 25 heavy (non-hydrogen) atoms. The van der Waals surface area contributed by atoms with Crippen molar-refractivity contribution >= 4 is 38.5 Å². The van der Waals surface area contributed by atoms with Crippen molar-refractivity contribution in [2.75, 3.05) is 6.61 Å². The lowest BCUT2D eigenvalue weighted by molar-refractivity contribution is -0.136. The number of carbonyl (C=O) groups excluding carboxylic acids is 2. The fourth-order valence-electron chi connectivity index (χ4n) is 2.35. The van der Waals surface area contributed by atoms with E-state index < -0.39 is 5.97 Å². The first-order valence-corrected chi connectivity index (χ1v) is 8.44. The van der Waals surface area contributed by atoms with Gasteiger partial charge in [-0.1, -0.05) is 28.1 Å². The van der Waals surface area contributed by atoms with Crippen molar-refractivity contribution in [3.8, 4) is 11.5 Å². The van der Waals surface area contributed by atoms with Crippen LogP contribution in [0, 0.1) is 0 Å². The van der Waals surface area contributed by atoms with E-state index in [1.807, 2.05) is 24.3 Å². The molecule has 0 aliphatic heterocycles. The molecule has 0 unspecified atom stereocenters. The second kappa shape index (κ2) is 7.49. The highest BCUT2D eigenvalue weighted by Crippen LogP contribution is 2.24. The lowest BCUT2D eigenvalue weighted by Gasteiger charge is -2.08. The van der Waals surface area contributed by atoms with E-state index in [-0.39, 0.29) is 12.4 Å². The molecule has 0 bridgehead atoms. The molecule has 0 aromatic heterocycles. The Kier molecular flexibility index (Phi) is 5.14. The summed E-state index contributed by atoms with van der Waals surface area (Å²) in [4.78, 5) is 23.2. The minimum Gasteiger partial charge on any atom is -0.482 e. The highest BCUT2D eigenvalue weighted by Gasteiger charge is 2.08. The number of carbonyl (C=O) groups is 2. The highest BCUT2D eigenvalue weighted by molar-refractivity contribution is 9.10. The van der Waals surface area contributed by atoms with Gasteiger partial charge in [-0.2, -0.15) is 0 Å². The van der Waals surface area contributed by atoms with Crippen LogP contribution in [-0.2, 0) is 4.79 Å². The maximum absolute atomic E-state index is 11.9. The molecule has 0 N–H and O–H groups in total. The van der Waals surface area contributed by atoms with Crippen molar-refractivity contribution in [1.82, 2.24) is 0 Å². The third-order valence-corrected chi connectivity index (χ3v) is 4.12. The molecule has 0 atom stereocenters. The first kappa shape index (κ1) is 17.2. The van der Waals surface area contributed by atoms with Crippen LogP contribution >= 0.6 is 15.9 Å². The average molecular weight is 399 g/mol. The van der Waals surface area contributed by atoms with Gasteiger partial charge in [-0.05, 0) is 66.2 Å². The lowest BCUT2D eigenvalue weighted by Crippen LogP contribution is -2.17. The van der Waals surface area contributed by atoms with Gasteiger partial charge in [-0.15, -0.1) is 0 Å². The van der Waals surface area contributed by atoms with Gasteiger partial charge < -0.3 is 9.47 Å². The van der Waals surface area contributed by atoms with Crippen LogP contribution in [0.15, 0.2) is 65.1 Å². The summed E-state index contributed by atoms with van der Waals surface area (Å²) in [6, 6.07) is 17.9. The van der Waals surface area contributed by atoms with Gasteiger partial charge in [0.1, 0.15) is 11.5 Å². The van der Waals surface area contributed by atoms with Crippen LogP contribution < -0.4 is 9.47 Å². The van der Waals surface area contributed by atoms with Gasteiger partial charge >= 0.3 is 5.97 Å².